The van der Waals surface area contributed by atoms with Gasteiger partial charge in [-0.15, -0.1) is 0 Å². The van der Waals surface area contributed by atoms with Gasteiger partial charge < -0.3 is 4.90 Å². The number of hydrazine groups is 1. The number of carbonyl (C=O) groups excluding carboxylic acids is 1. The Morgan fingerprint density at radius 1 is 1.04 bits per heavy atom. The molecule has 2 aliphatic heterocycles. The molecule has 2 saturated heterocycles. The summed E-state index contributed by atoms with van der Waals surface area (Å²) in [6, 6.07) is 16.8. The molecule has 2 aromatic rings. The fourth-order valence-corrected chi connectivity index (χ4v) is 3.91. The van der Waals surface area contributed by atoms with E-state index >= 15 is 0 Å². The number of pyridine rings is 1. The highest BCUT2D eigenvalue weighted by atomic mass is 16.2. The maximum Gasteiger partial charge on any atom is 0.241 e. The molecule has 2 fully saturated rings. The van der Waals surface area contributed by atoms with Crippen LogP contribution in [0.5, 0.6) is 0 Å². The highest BCUT2D eigenvalue weighted by molar-refractivity contribution is 5.82. The molecule has 0 bridgehead atoms. The maximum atomic E-state index is 12.5. The standard InChI is InChI=1S/C21H26N4O/c26-21(20-9-12-22-24-20)25-13-10-17(11-14-25)19-8-4-7-18(23-19)15-16-5-2-1-3-6-16/h1-8,17,20,22,24H,9-15H2. The van der Waals surface area contributed by atoms with Gasteiger partial charge in [-0.3, -0.25) is 15.2 Å². The van der Waals surface area contributed by atoms with Crippen molar-refractivity contribution in [3.05, 3.63) is 65.5 Å². The van der Waals surface area contributed by atoms with Crippen LogP contribution in [0, 0.1) is 0 Å². The molecular formula is C21H26N4O. The van der Waals surface area contributed by atoms with Crippen LogP contribution in [0.1, 0.15) is 42.1 Å². The summed E-state index contributed by atoms with van der Waals surface area (Å²) in [5.74, 6) is 0.684. The minimum absolute atomic E-state index is 0.0566. The van der Waals surface area contributed by atoms with Crippen LogP contribution < -0.4 is 10.9 Å². The lowest BCUT2D eigenvalue weighted by molar-refractivity contribution is -0.134. The topological polar surface area (TPSA) is 57.3 Å². The number of hydrogen-bond donors (Lipinski definition) is 2. The number of nitrogens with zero attached hydrogens (tertiary/aromatic N) is 2. The molecule has 3 heterocycles. The van der Waals surface area contributed by atoms with Gasteiger partial charge in [0.1, 0.15) is 6.04 Å². The van der Waals surface area contributed by atoms with Gasteiger partial charge in [0, 0.05) is 43.4 Å². The lowest BCUT2D eigenvalue weighted by atomic mass is 9.92. The van der Waals surface area contributed by atoms with E-state index in [-0.39, 0.29) is 11.9 Å². The number of nitrogens with one attached hydrogen (secondary N) is 2. The van der Waals surface area contributed by atoms with E-state index in [0.29, 0.717) is 5.92 Å². The number of amides is 1. The van der Waals surface area contributed by atoms with Gasteiger partial charge >= 0.3 is 0 Å². The van der Waals surface area contributed by atoms with Crippen molar-refractivity contribution < 1.29 is 4.79 Å². The summed E-state index contributed by atoms with van der Waals surface area (Å²) in [6.45, 7) is 2.52. The van der Waals surface area contributed by atoms with Crippen molar-refractivity contribution in [2.45, 2.75) is 37.6 Å². The Kier molecular flexibility index (Phi) is 5.27. The Balaban J connectivity index is 1.37. The predicted molar refractivity (Wildman–Crippen MR) is 102 cm³/mol. The number of hydrogen-bond acceptors (Lipinski definition) is 4. The molecule has 1 aromatic carbocycles. The quantitative estimate of drug-likeness (QED) is 0.888. The van der Waals surface area contributed by atoms with E-state index in [1.54, 1.807) is 0 Å². The van der Waals surface area contributed by atoms with Crippen LogP contribution >= 0.6 is 0 Å². The molecule has 5 heteroatoms. The summed E-state index contributed by atoms with van der Waals surface area (Å²) in [5.41, 5.74) is 9.70. The Morgan fingerprint density at radius 3 is 2.58 bits per heavy atom. The molecule has 2 N–H and O–H groups in total. The minimum atomic E-state index is -0.0566. The highest BCUT2D eigenvalue weighted by Gasteiger charge is 2.30. The number of likely N-dealkylation sites (tertiary alicyclic amines) is 1. The lowest BCUT2D eigenvalue weighted by Gasteiger charge is -2.33. The predicted octanol–water partition coefficient (Wildman–Crippen LogP) is 2.24. The molecule has 0 spiro atoms. The molecular weight excluding hydrogens is 324 g/mol. The van der Waals surface area contributed by atoms with E-state index in [2.05, 4.69) is 53.3 Å². The summed E-state index contributed by atoms with van der Waals surface area (Å²) in [5, 5.41) is 0. The number of piperidine rings is 1. The normalized spacial score (nSPS) is 21.1. The van der Waals surface area contributed by atoms with Crippen LogP contribution in [-0.2, 0) is 11.2 Å². The summed E-state index contributed by atoms with van der Waals surface area (Å²) in [7, 11) is 0. The summed E-state index contributed by atoms with van der Waals surface area (Å²) >= 11 is 0. The number of aromatic nitrogens is 1. The molecule has 0 aliphatic carbocycles. The first-order chi connectivity index (χ1) is 12.8. The minimum Gasteiger partial charge on any atom is -0.341 e. The van der Waals surface area contributed by atoms with E-state index < -0.39 is 0 Å². The second-order valence-electron chi connectivity index (χ2n) is 7.23. The zero-order valence-corrected chi connectivity index (χ0v) is 15.0. The van der Waals surface area contributed by atoms with Crippen molar-refractivity contribution in [1.29, 1.82) is 0 Å². The Morgan fingerprint density at radius 2 is 1.85 bits per heavy atom. The molecule has 4 rings (SSSR count). The molecule has 0 radical (unpaired) electrons. The Hall–Kier alpha value is -2.24. The molecule has 0 saturated carbocycles. The average molecular weight is 350 g/mol. The van der Waals surface area contributed by atoms with Crippen molar-refractivity contribution in [3.63, 3.8) is 0 Å². The second-order valence-corrected chi connectivity index (χ2v) is 7.23. The van der Waals surface area contributed by atoms with Gasteiger partial charge in [-0.05, 0) is 37.0 Å². The van der Waals surface area contributed by atoms with Crippen LogP contribution in [0.25, 0.3) is 0 Å². The fraction of sp³-hybridized carbons (Fsp3) is 0.429. The summed E-state index contributed by atoms with van der Waals surface area (Å²) in [6.07, 6.45) is 3.73. The zero-order chi connectivity index (χ0) is 17.8. The Labute approximate surface area is 154 Å². The van der Waals surface area contributed by atoms with Crippen molar-refractivity contribution in [2.24, 2.45) is 0 Å². The third-order valence-corrected chi connectivity index (χ3v) is 5.41. The third kappa shape index (κ3) is 3.94. The number of rotatable bonds is 4. The molecule has 5 nitrogen and oxygen atoms in total. The van der Waals surface area contributed by atoms with Gasteiger partial charge in [0.2, 0.25) is 5.91 Å². The number of benzene rings is 1. The molecule has 2 aliphatic rings. The smallest absolute Gasteiger partial charge is 0.241 e. The van der Waals surface area contributed by atoms with Gasteiger partial charge in [0.05, 0.1) is 0 Å². The van der Waals surface area contributed by atoms with E-state index in [1.807, 2.05) is 11.0 Å². The molecule has 1 atom stereocenters. The first kappa shape index (κ1) is 17.2. The molecule has 1 unspecified atom stereocenters. The van der Waals surface area contributed by atoms with Crippen molar-refractivity contribution in [2.75, 3.05) is 19.6 Å². The fourth-order valence-electron chi connectivity index (χ4n) is 3.91. The number of carbonyl (C=O) groups is 1. The summed E-state index contributed by atoms with van der Waals surface area (Å²) in [4.78, 5) is 19.4. The van der Waals surface area contributed by atoms with Gasteiger partial charge in [-0.25, -0.2) is 5.43 Å². The van der Waals surface area contributed by atoms with Gasteiger partial charge in [0.25, 0.3) is 0 Å². The van der Waals surface area contributed by atoms with E-state index in [4.69, 9.17) is 4.98 Å². The van der Waals surface area contributed by atoms with Crippen LogP contribution in [0.2, 0.25) is 0 Å². The van der Waals surface area contributed by atoms with Crippen LogP contribution in [0.15, 0.2) is 48.5 Å². The van der Waals surface area contributed by atoms with Crippen LogP contribution in [0.4, 0.5) is 0 Å². The molecule has 26 heavy (non-hydrogen) atoms. The van der Waals surface area contributed by atoms with E-state index in [9.17, 15) is 4.79 Å². The lowest BCUT2D eigenvalue weighted by Crippen LogP contribution is -2.48. The maximum absolute atomic E-state index is 12.5. The SMILES string of the molecule is O=C(C1CCNN1)N1CCC(c2cccc(Cc3ccccc3)n2)CC1. The average Bonchev–Trinajstić information content (AvgIpc) is 3.23. The Bertz CT molecular complexity index is 735. The largest absolute Gasteiger partial charge is 0.341 e. The van der Waals surface area contributed by atoms with Gasteiger partial charge in [-0.2, -0.15) is 0 Å². The van der Waals surface area contributed by atoms with E-state index in [0.717, 1.165) is 51.0 Å². The second kappa shape index (κ2) is 7.98. The summed E-state index contributed by atoms with van der Waals surface area (Å²) < 4.78 is 0. The molecule has 1 amide bonds. The third-order valence-electron chi connectivity index (χ3n) is 5.41. The highest BCUT2D eigenvalue weighted by Crippen LogP contribution is 2.27. The van der Waals surface area contributed by atoms with Crippen LogP contribution in [0.3, 0.4) is 0 Å². The van der Waals surface area contributed by atoms with Gasteiger partial charge in [0.15, 0.2) is 0 Å². The van der Waals surface area contributed by atoms with E-state index in [1.165, 1.54) is 11.3 Å². The monoisotopic (exact) mass is 350 g/mol. The first-order valence-corrected chi connectivity index (χ1v) is 9.56. The van der Waals surface area contributed by atoms with Crippen molar-refractivity contribution >= 4 is 5.91 Å². The molecule has 1 aromatic heterocycles. The van der Waals surface area contributed by atoms with Crippen LogP contribution in [-0.4, -0.2) is 41.5 Å². The van der Waals surface area contributed by atoms with Crippen molar-refractivity contribution in [1.82, 2.24) is 20.7 Å². The zero-order valence-electron chi connectivity index (χ0n) is 15.0. The molecule has 136 valence electrons. The van der Waals surface area contributed by atoms with Gasteiger partial charge in [-0.1, -0.05) is 36.4 Å². The van der Waals surface area contributed by atoms with Crippen molar-refractivity contribution in [3.8, 4) is 0 Å². The first-order valence-electron chi connectivity index (χ1n) is 9.56.